The molecule has 1 unspecified atom stereocenters. The molecule has 0 aromatic heterocycles. The molecule has 0 aliphatic heterocycles. The van der Waals surface area contributed by atoms with Crippen LogP contribution in [0.2, 0.25) is 5.02 Å². The lowest BCUT2D eigenvalue weighted by atomic mass is 10.0. The Morgan fingerprint density at radius 2 is 1.73 bits per heavy atom. The fourth-order valence-corrected chi connectivity index (χ4v) is 2.68. The lowest BCUT2D eigenvalue weighted by molar-refractivity contribution is 0.155. The number of halogens is 1. The minimum absolute atomic E-state index is 0.410. The van der Waals surface area contributed by atoms with E-state index >= 15 is 0 Å². The summed E-state index contributed by atoms with van der Waals surface area (Å²) < 4.78 is 0. The van der Waals surface area contributed by atoms with Crippen LogP contribution < -0.4 is 0 Å². The van der Waals surface area contributed by atoms with E-state index in [4.69, 9.17) is 11.6 Å². The number of benzene rings is 2. The van der Waals surface area contributed by atoms with Crippen molar-refractivity contribution in [2.75, 3.05) is 13.1 Å². The Morgan fingerprint density at radius 3 is 2.36 bits per heavy atom. The molecule has 22 heavy (non-hydrogen) atoms. The molecule has 2 nitrogen and oxygen atoms in total. The Hall–Kier alpha value is -1.35. The monoisotopic (exact) mass is 317 g/mol. The van der Waals surface area contributed by atoms with Crippen LogP contribution in [0.25, 0.3) is 0 Å². The summed E-state index contributed by atoms with van der Waals surface area (Å²) in [7, 11) is 0. The van der Waals surface area contributed by atoms with E-state index < -0.39 is 6.10 Å². The predicted octanol–water partition coefficient (Wildman–Crippen LogP) is 4.68. The number of rotatable bonds is 8. The topological polar surface area (TPSA) is 23.5 Å². The van der Waals surface area contributed by atoms with Crippen LogP contribution in [-0.4, -0.2) is 23.1 Å². The van der Waals surface area contributed by atoms with E-state index in [9.17, 15) is 5.11 Å². The second-order valence-corrected chi connectivity index (χ2v) is 6.00. The molecule has 3 heteroatoms. The van der Waals surface area contributed by atoms with Crippen LogP contribution in [0.1, 0.15) is 37.0 Å². The fourth-order valence-electron chi connectivity index (χ4n) is 2.55. The lowest BCUT2D eigenvalue weighted by Gasteiger charge is -2.21. The van der Waals surface area contributed by atoms with E-state index in [2.05, 4.69) is 36.1 Å². The Morgan fingerprint density at radius 1 is 1.05 bits per heavy atom. The molecule has 0 bridgehead atoms. The molecule has 0 aliphatic rings. The van der Waals surface area contributed by atoms with Gasteiger partial charge >= 0.3 is 0 Å². The SMILES string of the molecule is CCN(CCCC(O)c1ccc(Cl)cc1)Cc1ccccc1. The van der Waals surface area contributed by atoms with Gasteiger partial charge in [-0.05, 0) is 49.2 Å². The van der Waals surface area contributed by atoms with Gasteiger partial charge in [-0.15, -0.1) is 0 Å². The molecule has 2 rings (SSSR count). The number of hydrogen-bond donors (Lipinski definition) is 1. The van der Waals surface area contributed by atoms with E-state index in [1.54, 1.807) is 0 Å². The van der Waals surface area contributed by atoms with Crippen LogP contribution in [0.15, 0.2) is 54.6 Å². The van der Waals surface area contributed by atoms with Crippen molar-refractivity contribution in [1.29, 1.82) is 0 Å². The van der Waals surface area contributed by atoms with Crippen LogP contribution in [-0.2, 0) is 6.54 Å². The van der Waals surface area contributed by atoms with Gasteiger partial charge in [0, 0.05) is 11.6 Å². The second-order valence-electron chi connectivity index (χ2n) is 5.56. The lowest BCUT2D eigenvalue weighted by Crippen LogP contribution is -2.24. The number of aliphatic hydroxyl groups is 1. The maximum Gasteiger partial charge on any atom is 0.0790 e. The highest BCUT2D eigenvalue weighted by Gasteiger charge is 2.09. The maximum absolute atomic E-state index is 10.2. The van der Waals surface area contributed by atoms with Crippen molar-refractivity contribution in [3.05, 3.63) is 70.7 Å². The van der Waals surface area contributed by atoms with Gasteiger partial charge in [-0.2, -0.15) is 0 Å². The second kappa shape index (κ2) is 8.94. The van der Waals surface area contributed by atoms with Gasteiger partial charge in [0.2, 0.25) is 0 Å². The van der Waals surface area contributed by atoms with E-state index in [-0.39, 0.29) is 0 Å². The Kier molecular flexibility index (Phi) is 6.91. The van der Waals surface area contributed by atoms with Crippen molar-refractivity contribution in [3.63, 3.8) is 0 Å². The average Bonchev–Trinajstić information content (AvgIpc) is 2.55. The highest BCUT2D eigenvalue weighted by molar-refractivity contribution is 6.30. The van der Waals surface area contributed by atoms with Crippen LogP contribution in [0.5, 0.6) is 0 Å². The summed E-state index contributed by atoms with van der Waals surface area (Å²) in [6.45, 7) is 5.16. The molecule has 2 aromatic rings. The van der Waals surface area contributed by atoms with Crippen molar-refractivity contribution in [1.82, 2.24) is 4.90 Å². The zero-order valence-corrected chi connectivity index (χ0v) is 13.8. The summed E-state index contributed by atoms with van der Waals surface area (Å²) in [4.78, 5) is 2.41. The zero-order chi connectivity index (χ0) is 15.8. The van der Waals surface area contributed by atoms with Crippen molar-refractivity contribution in [2.45, 2.75) is 32.4 Å². The molecule has 0 fully saturated rings. The summed E-state index contributed by atoms with van der Waals surface area (Å²) in [5, 5.41) is 10.9. The highest BCUT2D eigenvalue weighted by Crippen LogP contribution is 2.20. The van der Waals surface area contributed by atoms with Gasteiger partial charge in [-0.1, -0.05) is 61.0 Å². The molecule has 0 heterocycles. The van der Waals surface area contributed by atoms with E-state index in [0.29, 0.717) is 5.02 Å². The molecule has 1 atom stereocenters. The molecule has 0 radical (unpaired) electrons. The fraction of sp³-hybridized carbons (Fsp3) is 0.368. The van der Waals surface area contributed by atoms with Gasteiger partial charge in [-0.3, -0.25) is 4.90 Å². The van der Waals surface area contributed by atoms with Gasteiger partial charge in [-0.25, -0.2) is 0 Å². The molecular formula is C19H24ClNO. The van der Waals surface area contributed by atoms with Crippen LogP contribution in [0, 0.1) is 0 Å². The highest BCUT2D eigenvalue weighted by atomic mass is 35.5. The van der Waals surface area contributed by atoms with Gasteiger partial charge in [0.05, 0.1) is 6.10 Å². The molecule has 2 aromatic carbocycles. The number of aliphatic hydroxyl groups excluding tert-OH is 1. The standard InChI is InChI=1S/C19H24ClNO/c1-2-21(15-16-7-4-3-5-8-16)14-6-9-19(22)17-10-12-18(20)13-11-17/h3-5,7-8,10-13,19,22H,2,6,9,14-15H2,1H3. The third-order valence-corrected chi connectivity index (χ3v) is 4.15. The Balaban J connectivity index is 1.77. The first-order valence-corrected chi connectivity index (χ1v) is 8.26. The molecular weight excluding hydrogens is 294 g/mol. The summed E-state index contributed by atoms with van der Waals surface area (Å²) in [6, 6.07) is 18.0. The van der Waals surface area contributed by atoms with E-state index in [1.807, 2.05) is 30.3 Å². The van der Waals surface area contributed by atoms with Crippen molar-refractivity contribution >= 4 is 11.6 Å². The smallest absolute Gasteiger partial charge is 0.0790 e. The zero-order valence-electron chi connectivity index (χ0n) is 13.1. The van der Waals surface area contributed by atoms with Crippen molar-refractivity contribution < 1.29 is 5.11 Å². The van der Waals surface area contributed by atoms with Crippen LogP contribution in [0.3, 0.4) is 0 Å². The quantitative estimate of drug-likeness (QED) is 0.764. The average molecular weight is 318 g/mol. The summed E-state index contributed by atoms with van der Waals surface area (Å²) in [6.07, 6.45) is 1.34. The number of nitrogens with zero attached hydrogens (tertiary/aromatic N) is 1. The molecule has 0 aliphatic carbocycles. The minimum Gasteiger partial charge on any atom is -0.388 e. The largest absolute Gasteiger partial charge is 0.388 e. The third-order valence-electron chi connectivity index (χ3n) is 3.90. The predicted molar refractivity (Wildman–Crippen MR) is 93.0 cm³/mol. The van der Waals surface area contributed by atoms with Gasteiger partial charge in [0.15, 0.2) is 0 Å². The molecule has 118 valence electrons. The van der Waals surface area contributed by atoms with Gasteiger partial charge in [0.1, 0.15) is 0 Å². The Labute approximate surface area is 138 Å². The third kappa shape index (κ3) is 5.45. The van der Waals surface area contributed by atoms with Crippen LogP contribution >= 0.6 is 11.6 Å². The first kappa shape index (κ1) is 17.0. The van der Waals surface area contributed by atoms with Crippen molar-refractivity contribution in [2.24, 2.45) is 0 Å². The van der Waals surface area contributed by atoms with E-state index in [1.165, 1.54) is 5.56 Å². The van der Waals surface area contributed by atoms with Crippen molar-refractivity contribution in [3.8, 4) is 0 Å². The molecule has 0 saturated heterocycles. The van der Waals surface area contributed by atoms with Gasteiger partial charge < -0.3 is 5.11 Å². The first-order chi connectivity index (χ1) is 10.7. The van der Waals surface area contributed by atoms with Crippen LogP contribution in [0.4, 0.5) is 0 Å². The minimum atomic E-state index is -0.410. The summed E-state index contributed by atoms with van der Waals surface area (Å²) in [5.74, 6) is 0. The maximum atomic E-state index is 10.2. The van der Waals surface area contributed by atoms with Gasteiger partial charge in [0.25, 0.3) is 0 Å². The number of hydrogen-bond acceptors (Lipinski definition) is 2. The summed E-state index contributed by atoms with van der Waals surface area (Å²) >= 11 is 5.87. The van der Waals surface area contributed by atoms with E-state index in [0.717, 1.165) is 38.0 Å². The molecule has 1 N–H and O–H groups in total. The first-order valence-electron chi connectivity index (χ1n) is 7.89. The molecule has 0 amide bonds. The molecule has 0 saturated carbocycles. The Bertz CT molecular complexity index is 541. The summed E-state index contributed by atoms with van der Waals surface area (Å²) in [5.41, 5.74) is 2.28. The molecule has 0 spiro atoms. The normalized spacial score (nSPS) is 12.5.